The van der Waals surface area contributed by atoms with Gasteiger partial charge in [-0.15, -0.1) is 0 Å². The van der Waals surface area contributed by atoms with E-state index in [0.717, 1.165) is 0 Å². The first-order valence-electron chi connectivity index (χ1n) is 6.97. The Labute approximate surface area is 118 Å². The van der Waals surface area contributed by atoms with Crippen LogP contribution in [0, 0.1) is 11.2 Å². The molecule has 1 heterocycles. The molecular weight excluding hydrogens is 259 g/mol. The first kappa shape index (κ1) is 14.9. The van der Waals surface area contributed by atoms with E-state index >= 15 is 0 Å². The second-order valence-corrected chi connectivity index (χ2v) is 5.19. The maximum absolute atomic E-state index is 13.5. The molecule has 0 saturated carbocycles. The van der Waals surface area contributed by atoms with Crippen molar-refractivity contribution in [3.63, 3.8) is 0 Å². The molecule has 0 atom stereocenters. The minimum Gasteiger partial charge on any atom is -0.381 e. The third kappa shape index (κ3) is 3.35. The number of halogens is 1. The Morgan fingerprint density at radius 1 is 1.35 bits per heavy atom. The van der Waals surface area contributed by atoms with Crippen molar-refractivity contribution in [3.8, 4) is 0 Å². The maximum atomic E-state index is 13.5. The van der Waals surface area contributed by atoms with E-state index in [2.05, 4.69) is 5.32 Å². The summed E-state index contributed by atoms with van der Waals surface area (Å²) in [5.74, 6) is -0.277. The first-order chi connectivity index (χ1) is 9.68. The van der Waals surface area contributed by atoms with E-state index in [9.17, 15) is 9.18 Å². The summed E-state index contributed by atoms with van der Waals surface area (Å²) in [7, 11) is 0. The number of hydrogen-bond donors (Lipinski definition) is 2. The van der Waals surface area contributed by atoms with E-state index in [1.54, 1.807) is 18.2 Å². The van der Waals surface area contributed by atoms with Gasteiger partial charge in [-0.05, 0) is 30.9 Å². The number of ether oxygens (including phenoxy) is 1. The van der Waals surface area contributed by atoms with Gasteiger partial charge in [-0.1, -0.05) is 18.2 Å². The molecule has 1 aromatic rings. The zero-order valence-corrected chi connectivity index (χ0v) is 11.5. The van der Waals surface area contributed by atoms with Gasteiger partial charge < -0.3 is 15.8 Å². The molecule has 0 radical (unpaired) electrons. The average Bonchev–Trinajstić information content (AvgIpc) is 2.49. The Balaban J connectivity index is 1.87. The Hall–Kier alpha value is -1.46. The van der Waals surface area contributed by atoms with Gasteiger partial charge in [-0.3, -0.25) is 4.79 Å². The molecule has 1 amide bonds. The number of hydrogen-bond acceptors (Lipinski definition) is 3. The monoisotopic (exact) mass is 280 g/mol. The van der Waals surface area contributed by atoms with E-state index in [1.165, 1.54) is 6.07 Å². The van der Waals surface area contributed by atoms with Crippen molar-refractivity contribution in [1.82, 2.24) is 5.32 Å². The fourth-order valence-electron chi connectivity index (χ4n) is 2.49. The fourth-order valence-corrected chi connectivity index (χ4v) is 2.49. The van der Waals surface area contributed by atoms with Crippen LogP contribution in [0.15, 0.2) is 24.3 Å². The predicted molar refractivity (Wildman–Crippen MR) is 74.7 cm³/mol. The molecule has 5 heteroatoms. The van der Waals surface area contributed by atoms with Crippen LogP contribution in [-0.4, -0.2) is 32.2 Å². The summed E-state index contributed by atoms with van der Waals surface area (Å²) in [5.41, 5.74) is 5.86. The maximum Gasteiger partial charge on any atom is 0.227 e. The Morgan fingerprint density at radius 2 is 2.05 bits per heavy atom. The van der Waals surface area contributed by atoms with Crippen molar-refractivity contribution in [2.24, 2.45) is 11.1 Å². The van der Waals surface area contributed by atoms with Crippen LogP contribution < -0.4 is 11.1 Å². The van der Waals surface area contributed by atoms with Crippen LogP contribution in [0.3, 0.4) is 0 Å². The molecule has 2 rings (SSSR count). The number of carbonyl (C=O) groups excluding carboxylic acids is 1. The van der Waals surface area contributed by atoms with E-state index in [-0.39, 0.29) is 11.7 Å². The molecule has 1 fully saturated rings. The summed E-state index contributed by atoms with van der Waals surface area (Å²) in [6.07, 6.45) is 1.78. The van der Waals surface area contributed by atoms with Crippen molar-refractivity contribution in [2.75, 3.05) is 26.3 Å². The number of carbonyl (C=O) groups is 1. The average molecular weight is 280 g/mol. The van der Waals surface area contributed by atoms with Crippen LogP contribution >= 0.6 is 0 Å². The molecule has 1 aliphatic heterocycles. The largest absolute Gasteiger partial charge is 0.381 e. The smallest absolute Gasteiger partial charge is 0.227 e. The SMILES string of the molecule is NCC1(C(=O)NCCc2ccccc2F)CCOCC1. The first-order valence-corrected chi connectivity index (χ1v) is 6.97. The second kappa shape index (κ2) is 6.81. The van der Waals surface area contributed by atoms with Crippen LogP contribution in [0.25, 0.3) is 0 Å². The van der Waals surface area contributed by atoms with E-state index in [4.69, 9.17) is 10.5 Å². The topological polar surface area (TPSA) is 64.4 Å². The third-order valence-electron chi connectivity index (χ3n) is 3.96. The molecule has 0 bridgehead atoms. The summed E-state index contributed by atoms with van der Waals surface area (Å²) in [6, 6.07) is 6.61. The molecule has 0 unspecified atom stereocenters. The van der Waals surface area contributed by atoms with Gasteiger partial charge in [0.15, 0.2) is 0 Å². The fraction of sp³-hybridized carbons (Fsp3) is 0.533. The number of nitrogens with two attached hydrogens (primary N) is 1. The molecule has 20 heavy (non-hydrogen) atoms. The third-order valence-corrected chi connectivity index (χ3v) is 3.96. The van der Waals surface area contributed by atoms with Crippen LogP contribution in [0.4, 0.5) is 4.39 Å². The number of rotatable bonds is 5. The van der Waals surface area contributed by atoms with Gasteiger partial charge in [-0.25, -0.2) is 4.39 Å². The van der Waals surface area contributed by atoms with Crippen molar-refractivity contribution >= 4 is 5.91 Å². The second-order valence-electron chi connectivity index (χ2n) is 5.19. The highest BCUT2D eigenvalue weighted by atomic mass is 19.1. The van der Waals surface area contributed by atoms with E-state index in [1.807, 2.05) is 0 Å². The summed E-state index contributed by atoms with van der Waals surface area (Å²) in [4.78, 5) is 12.3. The number of benzene rings is 1. The highest BCUT2D eigenvalue weighted by molar-refractivity contribution is 5.83. The summed E-state index contributed by atoms with van der Waals surface area (Å²) in [5, 5.41) is 2.88. The molecule has 3 N–H and O–H groups in total. The van der Waals surface area contributed by atoms with Crippen LogP contribution in [-0.2, 0) is 16.0 Å². The molecule has 4 nitrogen and oxygen atoms in total. The minimum atomic E-state index is -0.520. The molecule has 1 saturated heterocycles. The zero-order valence-electron chi connectivity index (χ0n) is 11.5. The Kier molecular flexibility index (Phi) is 5.09. The highest BCUT2D eigenvalue weighted by Gasteiger charge is 2.38. The molecular formula is C15H21FN2O2. The van der Waals surface area contributed by atoms with Gasteiger partial charge in [0.2, 0.25) is 5.91 Å². The quantitative estimate of drug-likeness (QED) is 0.853. The standard InChI is InChI=1S/C15H21FN2O2/c16-13-4-2-1-3-12(13)5-8-18-14(19)15(11-17)6-9-20-10-7-15/h1-4H,5-11,17H2,(H,18,19). The van der Waals surface area contributed by atoms with Crippen molar-refractivity contribution in [2.45, 2.75) is 19.3 Å². The van der Waals surface area contributed by atoms with Gasteiger partial charge in [0.25, 0.3) is 0 Å². The lowest BCUT2D eigenvalue weighted by Crippen LogP contribution is -2.49. The van der Waals surface area contributed by atoms with Crippen LogP contribution in [0.5, 0.6) is 0 Å². The van der Waals surface area contributed by atoms with Crippen molar-refractivity contribution < 1.29 is 13.9 Å². The predicted octanol–water partition coefficient (Wildman–Crippen LogP) is 1.24. The molecule has 0 spiro atoms. The Bertz CT molecular complexity index is 459. The van der Waals surface area contributed by atoms with Gasteiger partial charge >= 0.3 is 0 Å². The minimum absolute atomic E-state index is 0.0420. The van der Waals surface area contributed by atoms with Crippen LogP contribution in [0.1, 0.15) is 18.4 Å². The highest BCUT2D eigenvalue weighted by Crippen LogP contribution is 2.29. The molecule has 1 aliphatic rings. The summed E-state index contributed by atoms with van der Waals surface area (Å²) < 4.78 is 18.7. The van der Waals surface area contributed by atoms with Gasteiger partial charge in [0, 0.05) is 26.3 Å². The van der Waals surface area contributed by atoms with Crippen molar-refractivity contribution in [1.29, 1.82) is 0 Å². The molecule has 0 aromatic heterocycles. The zero-order chi connectivity index (χ0) is 14.4. The molecule has 0 aliphatic carbocycles. The summed E-state index contributed by atoms with van der Waals surface area (Å²) >= 11 is 0. The number of nitrogens with one attached hydrogen (secondary N) is 1. The van der Waals surface area contributed by atoms with Gasteiger partial charge in [0.1, 0.15) is 5.82 Å². The Morgan fingerprint density at radius 3 is 2.70 bits per heavy atom. The van der Waals surface area contributed by atoms with E-state index < -0.39 is 5.41 Å². The number of amides is 1. The normalized spacial score (nSPS) is 17.7. The lowest BCUT2D eigenvalue weighted by atomic mass is 9.79. The summed E-state index contributed by atoms with van der Waals surface area (Å²) in [6.45, 7) is 1.88. The molecule has 110 valence electrons. The van der Waals surface area contributed by atoms with Crippen molar-refractivity contribution in [3.05, 3.63) is 35.6 Å². The lowest BCUT2D eigenvalue weighted by molar-refractivity contribution is -0.135. The van der Waals surface area contributed by atoms with E-state index in [0.29, 0.717) is 51.1 Å². The molecule has 1 aromatic carbocycles. The van der Waals surface area contributed by atoms with Gasteiger partial charge in [0.05, 0.1) is 5.41 Å². The van der Waals surface area contributed by atoms with Gasteiger partial charge in [-0.2, -0.15) is 0 Å². The lowest BCUT2D eigenvalue weighted by Gasteiger charge is -2.34. The van der Waals surface area contributed by atoms with Crippen LogP contribution in [0.2, 0.25) is 0 Å².